The minimum atomic E-state index is -1.81. The number of unbranched alkanes of at least 4 members (excludes halogenated alkanes) is 2. The van der Waals surface area contributed by atoms with E-state index in [0.717, 1.165) is 13.8 Å². The second-order valence-corrected chi connectivity index (χ2v) is 17.6. The van der Waals surface area contributed by atoms with Crippen LogP contribution in [0.25, 0.3) is 0 Å². The average molecular weight is 981 g/mol. The zero-order valence-corrected chi connectivity index (χ0v) is 40.4. The zero-order chi connectivity index (χ0) is 52.5. The number of carboxylic acids is 2. The van der Waals surface area contributed by atoms with Gasteiger partial charge in [-0.3, -0.25) is 38.4 Å². The number of hydrogen-bond donors (Lipinski definition) is 15. The highest BCUT2D eigenvalue weighted by Crippen LogP contribution is 2.15. The maximum absolute atomic E-state index is 14.3. The second-order valence-electron chi connectivity index (χ2n) is 17.6. The normalized spacial score (nSPS) is 16.1. The van der Waals surface area contributed by atoms with E-state index in [1.54, 1.807) is 27.7 Å². The summed E-state index contributed by atoms with van der Waals surface area (Å²) in [6.45, 7) is 9.65. The van der Waals surface area contributed by atoms with Crippen molar-refractivity contribution in [1.82, 2.24) is 37.2 Å². The third-order valence-electron chi connectivity index (χ3n) is 11.4. The van der Waals surface area contributed by atoms with E-state index in [0.29, 0.717) is 31.2 Å². The number of aliphatic hydroxyl groups excluding tert-OH is 2. The number of aromatic hydroxyl groups is 1. The molecule has 24 heteroatoms. The quantitative estimate of drug-likeness (QED) is 0.0319. The van der Waals surface area contributed by atoms with Crippen LogP contribution in [0.15, 0.2) is 24.3 Å². The van der Waals surface area contributed by atoms with Crippen LogP contribution in [-0.2, 0) is 49.6 Å². The van der Waals surface area contributed by atoms with Crippen molar-refractivity contribution < 1.29 is 68.7 Å². The predicted molar refractivity (Wildman–Crippen MR) is 251 cm³/mol. The largest absolute Gasteiger partial charge is 0.508 e. The number of carboxylic acid groups (broad SMARTS) is 2. The standard InChI is InChI=1S/C45H76N10O14/c1-7-24(4)35(53-41(64)34(48)23(2)3)42(65)50-30(18-19-33(59)60)38(61)52-32(22-27-14-16-28(58)17-15-27)40(63)49-29(12-8-10-20-46)39(62)54-37(26(6)57)44(67)55-36(25(5)56)43(66)51-31(45(68)69)13-9-11-21-47/h14-17,23-26,29-32,34-37,56-58H,7-13,18-22,46-48H2,1-6H3,(H,49,63)(H,50,65)(H,51,66)(H,52,61)(H,53,64)(H,54,62)(H,55,67)(H,59,60)(H,68,69)/t24-,25+,26+,29-,30-,31-,32-,34-,35-,36-,37-/m0/s1. The number of phenolic OH excluding ortho intramolecular Hbond substituents is 1. The van der Waals surface area contributed by atoms with Crippen LogP contribution in [0, 0.1) is 11.8 Å². The molecule has 0 radical (unpaired) electrons. The number of benzene rings is 1. The smallest absolute Gasteiger partial charge is 0.326 e. The van der Waals surface area contributed by atoms with Crippen molar-refractivity contribution in [2.75, 3.05) is 13.1 Å². The molecule has 1 rings (SSSR count). The molecule has 1 aromatic rings. The van der Waals surface area contributed by atoms with Crippen molar-refractivity contribution in [2.24, 2.45) is 29.0 Å². The summed E-state index contributed by atoms with van der Waals surface area (Å²) in [6.07, 6.45) is -2.81. The number of aliphatic carboxylic acids is 2. The highest BCUT2D eigenvalue weighted by Gasteiger charge is 2.37. The van der Waals surface area contributed by atoms with E-state index in [-0.39, 0.29) is 50.4 Å². The molecular weight excluding hydrogens is 905 g/mol. The summed E-state index contributed by atoms with van der Waals surface area (Å²) in [4.78, 5) is 119. The van der Waals surface area contributed by atoms with Gasteiger partial charge in [-0.25, -0.2) is 4.79 Å². The SMILES string of the molecule is CC[C@H](C)[C@H](NC(=O)[C@@H](N)C(C)C)C(=O)N[C@@H](CCC(=O)O)C(=O)N[C@@H](Cc1ccc(O)cc1)C(=O)N[C@@H](CCCCN)C(=O)N[C@H](C(=O)N[C@H](C(=O)N[C@@H](CCCCN)C(=O)O)[C@@H](C)O)[C@@H](C)O. The molecule has 24 nitrogen and oxygen atoms in total. The summed E-state index contributed by atoms with van der Waals surface area (Å²) < 4.78 is 0. The Morgan fingerprint density at radius 1 is 0.536 bits per heavy atom. The Kier molecular flexibility index (Phi) is 27.6. The van der Waals surface area contributed by atoms with Gasteiger partial charge in [0.25, 0.3) is 0 Å². The van der Waals surface area contributed by atoms with Gasteiger partial charge in [0.2, 0.25) is 41.4 Å². The molecule has 0 saturated carbocycles. The fourth-order valence-corrected chi connectivity index (χ4v) is 6.75. The highest BCUT2D eigenvalue weighted by atomic mass is 16.4. The molecule has 18 N–H and O–H groups in total. The summed E-state index contributed by atoms with van der Waals surface area (Å²) in [5.74, 6) is -10.2. The van der Waals surface area contributed by atoms with Crippen LogP contribution in [0.3, 0.4) is 0 Å². The van der Waals surface area contributed by atoms with Gasteiger partial charge in [-0.15, -0.1) is 0 Å². The van der Waals surface area contributed by atoms with Crippen molar-refractivity contribution in [3.05, 3.63) is 29.8 Å². The molecule has 0 fully saturated rings. The second kappa shape index (κ2) is 31.2. The lowest BCUT2D eigenvalue weighted by Gasteiger charge is -2.29. The lowest BCUT2D eigenvalue weighted by Crippen LogP contribution is -2.63. The Balaban J connectivity index is 3.57. The minimum absolute atomic E-state index is 0.00195. The van der Waals surface area contributed by atoms with Crippen LogP contribution in [0.1, 0.15) is 105 Å². The summed E-state index contributed by atoms with van der Waals surface area (Å²) >= 11 is 0. The van der Waals surface area contributed by atoms with Gasteiger partial charge in [0.15, 0.2) is 0 Å². The highest BCUT2D eigenvalue weighted by molar-refractivity contribution is 5.98. The van der Waals surface area contributed by atoms with Gasteiger partial charge in [-0.05, 0) is 101 Å². The van der Waals surface area contributed by atoms with Gasteiger partial charge < -0.3 is 80.0 Å². The van der Waals surface area contributed by atoms with E-state index < -0.39 is 133 Å². The number of amides is 7. The molecule has 1 aromatic carbocycles. The molecule has 0 aliphatic rings. The summed E-state index contributed by atoms with van der Waals surface area (Å²) in [5, 5.41) is 67.3. The van der Waals surface area contributed by atoms with Gasteiger partial charge in [0.1, 0.15) is 48.0 Å². The van der Waals surface area contributed by atoms with Gasteiger partial charge in [-0.2, -0.15) is 0 Å². The Labute approximate surface area is 402 Å². The molecule has 0 aliphatic carbocycles. The first kappa shape index (κ1) is 61.1. The van der Waals surface area contributed by atoms with E-state index >= 15 is 0 Å². The molecule has 69 heavy (non-hydrogen) atoms. The number of aliphatic hydroxyl groups is 2. The zero-order valence-electron chi connectivity index (χ0n) is 40.4. The summed E-state index contributed by atoms with van der Waals surface area (Å²) in [6, 6.07) is -6.15. The topological polar surface area (TPSA) is 417 Å². The molecule has 390 valence electrons. The van der Waals surface area contributed by atoms with Crippen molar-refractivity contribution >= 4 is 53.3 Å². The minimum Gasteiger partial charge on any atom is -0.508 e. The maximum atomic E-state index is 14.3. The fourth-order valence-electron chi connectivity index (χ4n) is 6.75. The fraction of sp³-hybridized carbons (Fsp3) is 0.667. The van der Waals surface area contributed by atoms with E-state index in [1.165, 1.54) is 24.3 Å². The first-order valence-electron chi connectivity index (χ1n) is 23.3. The van der Waals surface area contributed by atoms with E-state index in [4.69, 9.17) is 17.2 Å². The number of nitrogens with two attached hydrogens (primary N) is 3. The van der Waals surface area contributed by atoms with E-state index in [9.17, 15) is 68.7 Å². The Bertz CT molecular complexity index is 1850. The van der Waals surface area contributed by atoms with Crippen LogP contribution in [0.2, 0.25) is 0 Å². The molecule has 7 amide bonds. The average Bonchev–Trinajstić information content (AvgIpc) is 3.28. The van der Waals surface area contributed by atoms with Crippen molar-refractivity contribution in [3.8, 4) is 5.75 Å². The molecule has 0 aromatic heterocycles. The van der Waals surface area contributed by atoms with Crippen molar-refractivity contribution in [2.45, 2.75) is 166 Å². The maximum Gasteiger partial charge on any atom is 0.326 e. The van der Waals surface area contributed by atoms with Gasteiger partial charge >= 0.3 is 11.9 Å². The van der Waals surface area contributed by atoms with E-state index in [2.05, 4.69) is 37.2 Å². The number of hydrogen-bond acceptors (Lipinski definition) is 15. The summed E-state index contributed by atoms with van der Waals surface area (Å²) in [7, 11) is 0. The lowest BCUT2D eigenvalue weighted by molar-refractivity contribution is -0.143. The third-order valence-corrected chi connectivity index (χ3v) is 11.4. The predicted octanol–water partition coefficient (Wildman–Crippen LogP) is -2.67. The molecule has 0 aliphatic heterocycles. The van der Waals surface area contributed by atoms with Crippen molar-refractivity contribution in [3.63, 3.8) is 0 Å². The lowest BCUT2D eigenvalue weighted by atomic mass is 9.96. The Morgan fingerprint density at radius 2 is 0.942 bits per heavy atom. The number of carbonyl (C=O) groups is 9. The molecule has 0 spiro atoms. The first-order chi connectivity index (χ1) is 32.4. The van der Waals surface area contributed by atoms with Crippen LogP contribution >= 0.6 is 0 Å². The molecule has 0 unspecified atom stereocenters. The molecule has 0 bridgehead atoms. The van der Waals surface area contributed by atoms with Gasteiger partial charge in [0, 0.05) is 12.8 Å². The Hall–Kier alpha value is -5.95. The molecule has 0 heterocycles. The number of carbonyl (C=O) groups excluding carboxylic acids is 7. The molecular formula is C45H76N10O14. The number of nitrogens with one attached hydrogen (secondary N) is 7. The number of rotatable bonds is 33. The van der Waals surface area contributed by atoms with E-state index in [1.807, 2.05) is 0 Å². The van der Waals surface area contributed by atoms with Gasteiger partial charge in [0.05, 0.1) is 18.2 Å². The third kappa shape index (κ3) is 21.9. The van der Waals surface area contributed by atoms with Crippen LogP contribution < -0.4 is 54.4 Å². The van der Waals surface area contributed by atoms with Crippen molar-refractivity contribution in [1.29, 1.82) is 0 Å². The van der Waals surface area contributed by atoms with Gasteiger partial charge in [-0.1, -0.05) is 46.2 Å². The molecule has 0 saturated heterocycles. The monoisotopic (exact) mass is 981 g/mol. The number of phenols is 1. The summed E-state index contributed by atoms with van der Waals surface area (Å²) in [5.41, 5.74) is 17.6. The Morgan fingerprint density at radius 3 is 1.42 bits per heavy atom. The first-order valence-corrected chi connectivity index (χ1v) is 23.3. The van der Waals surface area contributed by atoms with Crippen LogP contribution in [0.5, 0.6) is 5.75 Å². The van der Waals surface area contributed by atoms with Crippen LogP contribution in [-0.4, -0.2) is 152 Å². The van der Waals surface area contributed by atoms with Crippen LogP contribution in [0.4, 0.5) is 0 Å². The molecule has 11 atom stereocenters.